The summed E-state index contributed by atoms with van der Waals surface area (Å²) in [4.78, 5) is 69.7. The summed E-state index contributed by atoms with van der Waals surface area (Å²) in [5, 5.41) is 64.9. The predicted molar refractivity (Wildman–Crippen MR) is 406 cm³/mol. The van der Waals surface area contributed by atoms with Gasteiger partial charge in [0.05, 0.1) is 35.5 Å². The second kappa shape index (κ2) is 51.3. The summed E-state index contributed by atoms with van der Waals surface area (Å²) in [6, 6.07) is 6.10. The summed E-state index contributed by atoms with van der Waals surface area (Å²) in [7, 11) is 0. The second-order valence-corrected chi connectivity index (χ2v) is 33.9. The third kappa shape index (κ3) is 36.5. The molecule has 0 bridgehead atoms. The number of benzene rings is 1. The van der Waals surface area contributed by atoms with E-state index in [1.165, 1.54) is 53.7 Å². The van der Waals surface area contributed by atoms with E-state index in [1.807, 2.05) is 13.8 Å². The lowest BCUT2D eigenvalue weighted by molar-refractivity contribution is -0.405. The standard InChI is InChI=1S/C17H20F12O4.2C16H24F6O3.2C11H16F6O3.C11H14O3/c1-3-7(2)11(30)33-10-5-8(12(31,14(18,19)20)15(21,22)23)4-9(6-10)13(32,16(24,25)26)17(27,28)29;2*1-3-10(2)13(23)25-12(11-7-5-4-6-8-11)9-14(24,15(17,18)19)16(20,21)22;2*1-4-6(2)8(18)20-7(3)5-9(19,10(12,13)14)11(15,16)17;1-3-8(2)11(13)14-10-6-4-9(12)5-7-10/h7-10,31-32H,3-6H2,1-2H3;2*10-12,24H,3-9H2,1-2H3;2*6-7,19H,4-5H2,1-3H3;4-8,12H,3H2,1-2H3. The molecule has 0 amide bonds. The van der Waals surface area contributed by atoms with Gasteiger partial charge in [0.15, 0.2) is 0 Å². The number of aromatic hydroxyl groups is 1. The number of phenolic OH excluding ortho intramolecular Hbond substituents is 1. The Labute approximate surface area is 762 Å². The van der Waals surface area contributed by atoms with Gasteiger partial charge in [0.1, 0.15) is 42.0 Å². The van der Waals surface area contributed by atoms with Gasteiger partial charge in [-0.2, -0.15) is 158 Å². The molecule has 12 atom stereocenters. The summed E-state index contributed by atoms with van der Waals surface area (Å²) in [5.74, 6) is -16.1. The summed E-state index contributed by atoms with van der Waals surface area (Å²) in [6.45, 7) is 20.4. The van der Waals surface area contributed by atoms with Crippen molar-refractivity contribution in [2.24, 2.45) is 59.2 Å². The lowest BCUT2D eigenvalue weighted by atomic mass is 9.65. The van der Waals surface area contributed by atoms with Crippen LogP contribution in [-0.4, -0.2) is 210 Å². The number of rotatable bonds is 30. The maximum Gasteiger partial charge on any atom is 0.426 e. The van der Waals surface area contributed by atoms with Gasteiger partial charge in [0, 0.05) is 37.5 Å². The lowest BCUT2D eigenvalue weighted by Gasteiger charge is -2.48. The van der Waals surface area contributed by atoms with Crippen LogP contribution < -0.4 is 4.74 Å². The number of hydrogen-bond donors (Lipinski definition) is 7. The number of aliphatic hydroxyl groups is 6. The predicted octanol–water partition coefficient (Wildman–Crippen LogP) is 23.4. The normalized spacial score (nSPS) is 19.5. The van der Waals surface area contributed by atoms with Gasteiger partial charge in [-0.05, 0) is 133 Å². The first-order chi connectivity index (χ1) is 61.3. The molecule has 808 valence electrons. The highest BCUT2D eigenvalue weighted by Gasteiger charge is 2.80. The van der Waals surface area contributed by atoms with E-state index in [0.717, 1.165) is 33.1 Å². The number of hydrogen-bond acceptors (Lipinski definition) is 19. The number of phenols is 1. The summed E-state index contributed by atoms with van der Waals surface area (Å²) in [6.07, 6.45) is -87.2. The average molecular weight is 2090 g/mol. The number of esters is 6. The molecule has 137 heavy (non-hydrogen) atoms. The van der Waals surface area contributed by atoms with Crippen LogP contribution in [0.5, 0.6) is 11.5 Å². The molecule has 1 aromatic carbocycles. The van der Waals surface area contributed by atoms with Crippen molar-refractivity contribution in [3.63, 3.8) is 0 Å². The van der Waals surface area contributed by atoms with E-state index < -0.39 is 266 Å². The first-order valence-electron chi connectivity index (χ1n) is 42.4. The van der Waals surface area contributed by atoms with Crippen LogP contribution in [0.3, 0.4) is 0 Å². The number of halogens is 36. The summed E-state index contributed by atoms with van der Waals surface area (Å²) < 4.78 is 493. The fourth-order valence-electron chi connectivity index (χ4n) is 13.2. The van der Waals surface area contributed by atoms with Gasteiger partial charge in [-0.25, -0.2) is 0 Å². The smallest absolute Gasteiger partial charge is 0.426 e. The highest BCUT2D eigenvalue weighted by Crippen LogP contribution is 2.60. The summed E-state index contributed by atoms with van der Waals surface area (Å²) in [5.41, 5.74) is -31.1. The minimum absolute atomic E-state index is 0.0164. The molecule has 7 N–H and O–H groups in total. The van der Waals surface area contributed by atoms with E-state index in [4.69, 9.17) is 29.5 Å². The van der Waals surface area contributed by atoms with Crippen LogP contribution in [0.2, 0.25) is 0 Å². The maximum atomic E-state index is 13.3. The van der Waals surface area contributed by atoms with Crippen molar-refractivity contribution >= 4 is 35.8 Å². The molecule has 0 saturated heterocycles. The lowest BCUT2D eigenvalue weighted by Crippen LogP contribution is -2.67. The van der Waals surface area contributed by atoms with E-state index >= 15 is 0 Å². The Kier molecular flexibility index (Phi) is 49.5. The molecule has 3 fully saturated rings. The summed E-state index contributed by atoms with van der Waals surface area (Å²) >= 11 is 0. The molecular formula is C82H114F36O19. The Morgan fingerprint density at radius 1 is 0.292 bits per heavy atom. The largest absolute Gasteiger partial charge is 0.508 e. The highest BCUT2D eigenvalue weighted by atomic mass is 19.5. The molecule has 0 aromatic heterocycles. The molecule has 0 radical (unpaired) electrons. The number of alkyl halides is 36. The topological polar surface area (TPSA) is 299 Å². The van der Waals surface area contributed by atoms with Crippen molar-refractivity contribution in [1.82, 2.24) is 0 Å². The SMILES string of the molecule is CCC(C)C(=O)OC(C)CC(O)(C(F)(F)F)C(F)(F)F.CCC(C)C(=O)OC(C)CC(O)(C(F)(F)F)C(F)(F)F.CCC(C)C(=O)OC(CC(O)(C(F)(F)F)C(F)(F)F)C1CCCCC1.CCC(C)C(=O)OC(CC(O)(C(F)(F)F)C(F)(F)F)C1CCCCC1.CCC(C)C(=O)OC1CC(C(O)(C(F)(F)F)C(F)(F)F)CC(C(O)(C(F)(F)F)C(F)(F)F)C1.CCC(C)C(=O)Oc1ccc(O)cc1. The van der Waals surface area contributed by atoms with Crippen molar-refractivity contribution < 1.29 is 251 Å². The van der Waals surface area contributed by atoms with Gasteiger partial charge in [0.25, 0.3) is 33.6 Å². The molecule has 0 spiro atoms. The molecule has 3 aliphatic rings. The van der Waals surface area contributed by atoms with Crippen molar-refractivity contribution in [3.05, 3.63) is 24.3 Å². The van der Waals surface area contributed by atoms with Gasteiger partial charge in [-0.1, -0.05) is 122 Å². The van der Waals surface area contributed by atoms with Gasteiger partial charge >= 0.3 is 110 Å². The highest BCUT2D eigenvalue weighted by molar-refractivity contribution is 5.75. The first kappa shape index (κ1) is 132. The van der Waals surface area contributed by atoms with Gasteiger partial charge in [-0.3, -0.25) is 28.8 Å². The van der Waals surface area contributed by atoms with Crippen LogP contribution >= 0.6 is 0 Å². The molecule has 19 nitrogen and oxygen atoms in total. The van der Waals surface area contributed by atoms with Crippen molar-refractivity contribution in [3.8, 4) is 11.5 Å². The van der Waals surface area contributed by atoms with Gasteiger partial charge < -0.3 is 64.2 Å². The monoisotopic (exact) mass is 2090 g/mol. The van der Waals surface area contributed by atoms with Crippen LogP contribution in [-0.2, 0) is 52.5 Å². The Morgan fingerprint density at radius 3 is 0.723 bits per heavy atom. The van der Waals surface area contributed by atoms with E-state index in [9.17, 15) is 207 Å². The Balaban J connectivity index is 0. The average Bonchev–Trinajstić information content (AvgIpc) is 0.704. The quantitative estimate of drug-likeness (QED) is 0.0163. The second-order valence-electron chi connectivity index (χ2n) is 33.9. The number of carbonyl (C=O) groups excluding carboxylic acids is 6. The van der Waals surface area contributed by atoms with Crippen LogP contribution in [0.1, 0.15) is 245 Å². The molecular weight excluding hydrogens is 1970 g/mol. The minimum atomic E-state index is -6.57. The number of ether oxygens (including phenoxy) is 6. The zero-order valence-electron chi connectivity index (χ0n) is 75.9. The van der Waals surface area contributed by atoms with E-state index in [0.29, 0.717) is 82.8 Å². The Morgan fingerprint density at radius 2 is 0.504 bits per heavy atom. The molecule has 1 aromatic rings. The Bertz CT molecular complexity index is 3500. The Hall–Kier alpha value is -6.92. The van der Waals surface area contributed by atoms with Crippen molar-refractivity contribution in [2.75, 3.05) is 0 Å². The molecule has 0 heterocycles. The molecule has 4 rings (SSSR count). The number of carbonyl (C=O) groups is 6. The molecule has 55 heteroatoms. The van der Waals surface area contributed by atoms with Crippen LogP contribution in [0.4, 0.5) is 158 Å². The molecule has 12 unspecified atom stereocenters. The fraction of sp³-hybridized carbons (Fsp3) is 0.854. The fourth-order valence-corrected chi connectivity index (χ4v) is 13.2. The van der Waals surface area contributed by atoms with Crippen LogP contribution in [0.25, 0.3) is 0 Å². The van der Waals surface area contributed by atoms with Crippen molar-refractivity contribution in [1.29, 1.82) is 0 Å². The van der Waals surface area contributed by atoms with Crippen LogP contribution in [0, 0.1) is 59.2 Å². The van der Waals surface area contributed by atoms with Crippen molar-refractivity contribution in [2.45, 2.75) is 383 Å². The van der Waals surface area contributed by atoms with Gasteiger partial charge in [-0.15, -0.1) is 0 Å². The zero-order chi connectivity index (χ0) is 109. The molecule has 3 saturated carbocycles. The third-order valence-electron chi connectivity index (χ3n) is 23.4. The zero-order valence-corrected chi connectivity index (χ0v) is 75.9. The van der Waals surface area contributed by atoms with E-state index in [1.54, 1.807) is 39.8 Å². The third-order valence-corrected chi connectivity index (χ3v) is 23.4. The van der Waals surface area contributed by atoms with E-state index in [-0.39, 0.29) is 24.1 Å². The van der Waals surface area contributed by atoms with E-state index in [2.05, 4.69) is 14.2 Å². The molecule has 0 aliphatic heterocycles. The van der Waals surface area contributed by atoms with Crippen LogP contribution in [0.15, 0.2) is 24.3 Å². The first-order valence-corrected chi connectivity index (χ1v) is 42.4. The van der Waals surface area contributed by atoms with Gasteiger partial charge in [0.2, 0.25) is 0 Å². The molecule has 3 aliphatic carbocycles. The minimum Gasteiger partial charge on any atom is -0.508 e. The maximum absolute atomic E-state index is 13.3.